The molecule has 1 atom stereocenters. The van der Waals surface area contributed by atoms with Gasteiger partial charge in [-0.05, 0) is 6.92 Å². The second-order valence-corrected chi connectivity index (χ2v) is 4.17. The number of ketones is 1. The largest absolute Gasteiger partial charge is 0.481 e. The van der Waals surface area contributed by atoms with Gasteiger partial charge < -0.3 is 15.2 Å². The van der Waals surface area contributed by atoms with E-state index in [1.165, 1.54) is 6.92 Å². The molecule has 0 radical (unpaired) electrons. The summed E-state index contributed by atoms with van der Waals surface area (Å²) >= 11 is 0. The summed E-state index contributed by atoms with van der Waals surface area (Å²) in [6, 6.07) is -0.575. The molecule has 0 aromatic rings. The monoisotopic (exact) mass is 244 g/mol. The van der Waals surface area contributed by atoms with Crippen LogP contribution in [-0.4, -0.2) is 67.2 Å². The van der Waals surface area contributed by atoms with Crippen molar-refractivity contribution in [3.8, 4) is 0 Å². The molecule has 1 rings (SSSR count). The van der Waals surface area contributed by atoms with Crippen LogP contribution in [0.25, 0.3) is 0 Å². The molecule has 0 aromatic heterocycles. The van der Waals surface area contributed by atoms with Crippen molar-refractivity contribution in [3.05, 3.63) is 0 Å². The number of ether oxygens (including phenoxy) is 1. The maximum Gasteiger partial charge on any atom is 0.305 e. The number of aliphatic carboxylic acids is 1. The highest BCUT2D eigenvalue weighted by Gasteiger charge is 2.17. The third-order valence-electron chi connectivity index (χ3n) is 2.79. The van der Waals surface area contributed by atoms with Crippen LogP contribution in [0.4, 0.5) is 0 Å². The molecule has 1 aliphatic rings. The Kier molecular flexibility index (Phi) is 6.10. The Morgan fingerprint density at radius 1 is 1.41 bits per heavy atom. The van der Waals surface area contributed by atoms with E-state index in [1.807, 2.05) is 0 Å². The van der Waals surface area contributed by atoms with Crippen LogP contribution in [-0.2, 0) is 14.3 Å². The first-order chi connectivity index (χ1) is 8.09. The number of hydrogen-bond donors (Lipinski definition) is 2. The molecule has 98 valence electrons. The number of nitrogens with zero attached hydrogens (tertiary/aromatic N) is 1. The lowest BCUT2D eigenvalue weighted by Gasteiger charge is -2.27. The van der Waals surface area contributed by atoms with Gasteiger partial charge in [0.25, 0.3) is 0 Å². The van der Waals surface area contributed by atoms with Crippen molar-refractivity contribution < 1.29 is 19.4 Å². The summed E-state index contributed by atoms with van der Waals surface area (Å²) in [5, 5.41) is 11.6. The van der Waals surface area contributed by atoms with E-state index in [9.17, 15) is 9.59 Å². The Bertz CT molecular complexity index is 264. The number of hydrogen-bond acceptors (Lipinski definition) is 5. The highest BCUT2D eigenvalue weighted by molar-refractivity contribution is 5.85. The minimum Gasteiger partial charge on any atom is -0.481 e. The van der Waals surface area contributed by atoms with E-state index in [4.69, 9.17) is 9.84 Å². The molecule has 1 aliphatic heterocycles. The zero-order chi connectivity index (χ0) is 12.7. The number of nitrogens with one attached hydrogen (secondary N) is 1. The first-order valence-electron chi connectivity index (χ1n) is 5.85. The van der Waals surface area contributed by atoms with Crippen LogP contribution in [0.5, 0.6) is 0 Å². The molecule has 0 bridgehead atoms. The van der Waals surface area contributed by atoms with Gasteiger partial charge in [-0.25, -0.2) is 0 Å². The number of carboxylic acid groups (broad SMARTS) is 1. The number of Topliss-reactive ketones (excluding diaryl/α,β-unsaturated/α-hetero) is 1. The summed E-state index contributed by atoms with van der Waals surface area (Å²) in [6.45, 7) is 6.12. The highest BCUT2D eigenvalue weighted by atomic mass is 16.5. The van der Waals surface area contributed by atoms with E-state index < -0.39 is 12.0 Å². The van der Waals surface area contributed by atoms with Crippen molar-refractivity contribution in [2.45, 2.75) is 19.4 Å². The summed E-state index contributed by atoms with van der Waals surface area (Å²) in [5.74, 6) is -1.08. The molecular weight excluding hydrogens is 224 g/mol. The summed E-state index contributed by atoms with van der Waals surface area (Å²) < 4.78 is 5.22. The normalized spacial score (nSPS) is 18.9. The lowest BCUT2D eigenvalue weighted by atomic mass is 10.1. The topological polar surface area (TPSA) is 78.9 Å². The zero-order valence-electron chi connectivity index (χ0n) is 10.1. The Balaban J connectivity index is 2.21. The molecular formula is C11H20N2O4. The molecule has 1 unspecified atom stereocenters. The first kappa shape index (κ1) is 14.1. The standard InChI is InChI=1S/C11H20N2O4/c1-9(14)10(8-11(15)16)12-2-3-13-4-6-17-7-5-13/h10,12H,2-8H2,1H3,(H,15,16). The molecule has 17 heavy (non-hydrogen) atoms. The van der Waals surface area contributed by atoms with E-state index >= 15 is 0 Å². The molecule has 1 saturated heterocycles. The van der Waals surface area contributed by atoms with Crippen molar-refractivity contribution in [2.75, 3.05) is 39.4 Å². The van der Waals surface area contributed by atoms with Crippen LogP contribution < -0.4 is 5.32 Å². The van der Waals surface area contributed by atoms with Gasteiger partial charge in [0.05, 0.1) is 25.7 Å². The van der Waals surface area contributed by atoms with Gasteiger partial charge >= 0.3 is 5.97 Å². The molecule has 0 aliphatic carbocycles. The third kappa shape index (κ3) is 5.76. The summed E-state index contributed by atoms with van der Waals surface area (Å²) in [7, 11) is 0. The van der Waals surface area contributed by atoms with Crippen LogP contribution in [0.15, 0.2) is 0 Å². The number of carbonyl (C=O) groups excluding carboxylic acids is 1. The molecule has 6 heteroatoms. The van der Waals surface area contributed by atoms with Crippen LogP contribution in [0.1, 0.15) is 13.3 Å². The second-order valence-electron chi connectivity index (χ2n) is 4.17. The SMILES string of the molecule is CC(=O)C(CC(=O)O)NCCN1CCOCC1. The van der Waals surface area contributed by atoms with Crippen molar-refractivity contribution in [3.63, 3.8) is 0 Å². The quantitative estimate of drug-likeness (QED) is 0.619. The van der Waals surface area contributed by atoms with Gasteiger partial charge in [-0.15, -0.1) is 0 Å². The fourth-order valence-electron chi connectivity index (χ4n) is 1.76. The van der Waals surface area contributed by atoms with Crippen LogP contribution in [0, 0.1) is 0 Å². The lowest BCUT2D eigenvalue weighted by molar-refractivity contribution is -0.139. The van der Waals surface area contributed by atoms with Crippen LogP contribution in [0.3, 0.4) is 0 Å². The first-order valence-corrected chi connectivity index (χ1v) is 5.85. The Morgan fingerprint density at radius 3 is 2.59 bits per heavy atom. The fraction of sp³-hybridized carbons (Fsp3) is 0.818. The smallest absolute Gasteiger partial charge is 0.305 e. The molecule has 0 saturated carbocycles. The fourth-order valence-corrected chi connectivity index (χ4v) is 1.76. The van der Waals surface area contributed by atoms with Gasteiger partial charge in [-0.1, -0.05) is 0 Å². The van der Waals surface area contributed by atoms with Crippen molar-refractivity contribution in [2.24, 2.45) is 0 Å². The van der Waals surface area contributed by atoms with E-state index in [0.29, 0.717) is 6.54 Å². The minimum absolute atomic E-state index is 0.130. The lowest BCUT2D eigenvalue weighted by Crippen LogP contribution is -2.44. The van der Waals surface area contributed by atoms with E-state index in [2.05, 4.69) is 10.2 Å². The highest BCUT2D eigenvalue weighted by Crippen LogP contribution is 1.97. The molecule has 0 spiro atoms. The summed E-state index contributed by atoms with van der Waals surface area (Å²) in [5.41, 5.74) is 0. The van der Waals surface area contributed by atoms with Crippen LogP contribution >= 0.6 is 0 Å². The molecule has 2 N–H and O–H groups in total. The van der Waals surface area contributed by atoms with Gasteiger partial charge in [0.15, 0.2) is 0 Å². The van der Waals surface area contributed by atoms with E-state index in [-0.39, 0.29) is 12.2 Å². The van der Waals surface area contributed by atoms with Gasteiger partial charge in [0.2, 0.25) is 0 Å². The summed E-state index contributed by atoms with van der Waals surface area (Å²) in [4.78, 5) is 24.0. The predicted molar refractivity (Wildman–Crippen MR) is 62.0 cm³/mol. The van der Waals surface area contributed by atoms with Crippen molar-refractivity contribution in [1.29, 1.82) is 0 Å². The molecule has 0 aromatic carbocycles. The molecule has 1 fully saturated rings. The Labute approximate surface area is 101 Å². The predicted octanol–water partition coefficient (Wildman–Crippen LogP) is -0.659. The Hall–Kier alpha value is -0.980. The number of morpholine rings is 1. The molecule has 0 amide bonds. The number of carbonyl (C=O) groups is 2. The van der Waals surface area contributed by atoms with E-state index in [1.54, 1.807) is 0 Å². The second kappa shape index (κ2) is 7.37. The van der Waals surface area contributed by atoms with E-state index in [0.717, 1.165) is 32.8 Å². The minimum atomic E-state index is -0.955. The zero-order valence-corrected chi connectivity index (χ0v) is 10.1. The average Bonchev–Trinajstić information content (AvgIpc) is 2.28. The number of carboxylic acids is 1. The number of rotatable bonds is 7. The van der Waals surface area contributed by atoms with Gasteiger partial charge in [-0.2, -0.15) is 0 Å². The third-order valence-corrected chi connectivity index (χ3v) is 2.79. The molecule has 6 nitrogen and oxygen atoms in total. The van der Waals surface area contributed by atoms with Crippen LogP contribution in [0.2, 0.25) is 0 Å². The van der Waals surface area contributed by atoms with Crippen molar-refractivity contribution in [1.82, 2.24) is 10.2 Å². The molecule has 1 heterocycles. The Morgan fingerprint density at radius 2 is 2.06 bits per heavy atom. The maximum atomic E-state index is 11.2. The van der Waals surface area contributed by atoms with Crippen molar-refractivity contribution >= 4 is 11.8 Å². The van der Waals surface area contributed by atoms with Gasteiger partial charge in [-0.3, -0.25) is 14.5 Å². The average molecular weight is 244 g/mol. The van der Waals surface area contributed by atoms with Gasteiger partial charge in [0.1, 0.15) is 5.78 Å². The summed E-state index contributed by atoms with van der Waals surface area (Å²) in [6.07, 6.45) is -0.154. The van der Waals surface area contributed by atoms with Gasteiger partial charge in [0, 0.05) is 26.2 Å². The maximum absolute atomic E-state index is 11.2.